The SMILES string of the molecule is CCCc1nc(N)c(C)c(Sc2n[nH]c(=O)n2C(C)C)n1. The Morgan fingerprint density at radius 2 is 2.10 bits per heavy atom. The van der Waals surface area contributed by atoms with E-state index in [0.29, 0.717) is 11.0 Å². The summed E-state index contributed by atoms with van der Waals surface area (Å²) in [5, 5.41) is 7.87. The molecular weight excluding hydrogens is 288 g/mol. The molecule has 0 aliphatic carbocycles. The van der Waals surface area contributed by atoms with Gasteiger partial charge in [0.15, 0.2) is 5.16 Å². The van der Waals surface area contributed by atoms with E-state index in [0.717, 1.165) is 29.3 Å². The lowest BCUT2D eigenvalue weighted by atomic mass is 10.3. The number of nitrogens with zero attached hydrogens (tertiary/aromatic N) is 4. The third-order valence-electron chi connectivity index (χ3n) is 3.04. The van der Waals surface area contributed by atoms with Crippen LogP contribution in [0.25, 0.3) is 0 Å². The number of anilines is 1. The van der Waals surface area contributed by atoms with Gasteiger partial charge in [-0.05, 0) is 39.0 Å². The number of nitrogens with one attached hydrogen (secondary N) is 1. The van der Waals surface area contributed by atoms with Crippen LogP contribution in [0.2, 0.25) is 0 Å². The summed E-state index contributed by atoms with van der Waals surface area (Å²) >= 11 is 1.33. The largest absolute Gasteiger partial charge is 0.383 e. The second-order valence-electron chi connectivity index (χ2n) is 5.08. The van der Waals surface area contributed by atoms with Crippen LogP contribution in [0.3, 0.4) is 0 Å². The van der Waals surface area contributed by atoms with Crippen molar-refractivity contribution in [2.45, 2.75) is 56.8 Å². The van der Waals surface area contributed by atoms with Gasteiger partial charge in [0.1, 0.15) is 16.7 Å². The number of hydrogen-bond acceptors (Lipinski definition) is 6. The van der Waals surface area contributed by atoms with Gasteiger partial charge in [0.25, 0.3) is 0 Å². The summed E-state index contributed by atoms with van der Waals surface area (Å²) in [5.41, 5.74) is 6.54. The molecular formula is C13H20N6OS. The Morgan fingerprint density at radius 3 is 2.71 bits per heavy atom. The molecule has 0 saturated heterocycles. The first-order valence-corrected chi connectivity index (χ1v) is 7.73. The minimum atomic E-state index is -0.221. The third kappa shape index (κ3) is 3.26. The maximum Gasteiger partial charge on any atom is 0.344 e. The van der Waals surface area contributed by atoms with E-state index in [9.17, 15) is 4.79 Å². The van der Waals surface area contributed by atoms with Gasteiger partial charge in [-0.15, -0.1) is 5.10 Å². The fourth-order valence-electron chi connectivity index (χ4n) is 1.90. The molecule has 2 aromatic heterocycles. The van der Waals surface area contributed by atoms with Gasteiger partial charge in [0, 0.05) is 18.0 Å². The molecule has 2 rings (SSSR count). The number of rotatable bonds is 5. The van der Waals surface area contributed by atoms with Crippen molar-refractivity contribution in [2.75, 3.05) is 5.73 Å². The van der Waals surface area contributed by atoms with Gasteiger partial charge in [-0.25, -0.2) is 19.9 Å². The fraction of sp³-hybridized carbons (Fsp3) is 0.538. The van der Waals surface area contributed by atoms with Crippen LogP contribution in [0.1, 0.15) is 44.6 Å². The molecule has 0 radical (unpaired) electrons. The van der Waals surface area contributed by atoms with E-state index in [-0.39, 0.29) is 11.7 Å². The van der Waals surface area contributed by atoms with Gasteiger partial charge in [0.2, 0.25) is 0 Å². The van der Waals surface area contributed by atoms with E-state index < -0.39 is 0 Å². The summed E-state index contributed by atoms with van der Waals surface area (Å²) in [5.74, 6) is 1.20. The highest BCUT2D eigenvalue weighted by atomic mass is 32.2. The summed E-state index contributed by atoms with van der Waals surface area (Å²) in [6.45, 7) is 7.81. The molecule has 2 aromatic rings. The Hall–Kier alpha value is -1.83. The number of nitrogens with two attached hydrogens (primary N) is 1. The highest BCUT2D eigenvalue weighted by Crippen LogP contribution is 2.29. The second-order valence-corrected chi connectivity index (χ2v) is 6.04. The Balaban J connectivity index is 2.42. The molecule has 114 valence electrons. The van der Waals surface area contributed by atoms with E-state index in [2.05, 4.69) is 27.1 Å². The van der Waals surface area contributed by atoms with E-state index in [1.54, 1.807) is 4.57 Å². The number of H-pyrrole nitrogens is 1. The maximum atomic E-state index is 11.8. The van der Waals surface area contributed by atoms with Gasteiger partial charge in [-0.1, -0.05) is 6.92 Å². The molecule has 0 aromatic carbocycles. The highest BCUT2D eigenvalue weighted by Gasteiger charge is 2.16. The van der Waals surface area contributed by atoms with E-state index >= 15 is 0 Å². The molecule has 0 saturated carbocycles. The van der Waals surface area contributed by atoms with Gasteiger partial charge in [0.05, 0.1) is 0 Å². The molecule has 3 N–H and O–H groups in total. The van der Waals surface area contributed by atoms with Crippen LogP contribution >= 0.6 is 11.8 Å². The normalized spacial score (nSPS) is 11.3. The topological polar surface area (TPSA) is 102 Å². The minimum absolute atomic E-state index is 0.0216. The van der Waals surface area contributed by atoms with Crippen molar-refractivity contribution in [3.63, 3.8) is 0 Å². The Kier molecular flexibility index (Phi) is 4.66. The number of aryl methyl sites for hydroxylation is 1. The van der Waals surface area contributed by atoms with Crippen LogP contribution in [0.4, 0.5) is 5.82 Å². The first-order chi connectivity index (χ1) is 9.93. The van der Waals surface area contributed by atoms with Crippen LogP contribution in [0.15, 0.2) is 15.0 Å². The number of aromatic amines is 1. The van der Waals surface area contributed by atoms with Crippen LogP contribution in [0, 0.1) is 6.92 Å². The molecule has 7 nitrogen and oxygen atoms in total. The molecule has 0 spiro atoms. The molecule has 2 heterocycles. The van der Waals surface area contributed by atoms with Crippen molar-refractivity contribution in [1.29, 1.82) is 0 Å². The lowest BCUT2D eigenvalue weighted by Gasteiger charge is -2.11. The zero-order chi connectivity index (χ0) is 15.6. The van der Waals surface area contributed by atoms with E-state index in [1.165, 1.54) is 11.8 Å². The van der Waals surface area contributed by atoms with Crippen LogP contribution in [-0.4, -0.2) is 24.7 Å². The zero-order valence-electron chi connectivity index (χ0n) is 12.7. The Morgan fingerprint density at radius 1 is 1.38 bits per heavy atom. The molecule has 0 unspecified atom stereocenters. The number of nitrogen functional groups attached to an aromatic ring is 1. The molecule has 0 fully saturated rings. The minimum Gasteiger partial charge on any atom is -0.383 e. The first-order valence-electron chi connectivity index (χ1n) is 6.91. The Labute approximate surface area is 127 Å². The molecule has 0 aliphatic heterocycles. The van der Waals surface area contributed by atoms with Crippen molar-refractivity contribution in [3.05, 3.63) is 21.9 Å². The van der Waals surface area contributed by atoms with Crippen molar-refractivity contribution >= 4 is 17.6 Å². The van der Waals surface area contributed by atoms with Crippen molar-refractivity contribution < 1.29 is 0 Å². The lowest BCUT2D eigenvalue weighted by molar-refractivity contribution is 0.533. The van der Waals surface area contributed by atoms with E-state index in [1.807, 2.05) is 20.8 Å². The zero-order valence-corrected chi connectivity index (χ0v) is 13.5. The first kappa shape index (κ1) is 15.6. The smallest absolute Gasteiger partial charge is 0.344 e. The standard InChI is InChI=1S/C13H20N6OS/c1-5-6-9-15-10(14)8(4)11(16-9)21-13-18-17-12(20)19(13)7(2)3/h7H,5-6H2,1-4H3,(H,17,20)(H2,14,15,16). The summed E-state index contributed by atoms with van der Waals surface area (Å²) in [6, 6.07) is 0.0216. The summed E-state index contributed by atoms with van der Waals surface area (Å²) in [7, 11) is 0. The Bertz CT molecular complexity index is 690. The third-order valence-corrected chi connectivity index (χ3v) is 4.10. The molecule has 0 bridgehead atoms. The monoisotopic (exact) mass is 308 g/mol. The van der Waals surface area contributed by atoms with Crippen LogP contribution in [-0.2, 0) is 6.42 Å². The van der Waals surface area contributed by atoms with Gasteiger partial charge in [-0.2, -0.15) is 0 Å². The maximum absolute atomic E-state index is 11.8. The average molecular weight is 308 g/mol. The molecule has 21 heavy (non-hydrogen) atoms. The predicted molar refractivity (Wildman–Crippen MR) is 82.5 cm³/mol. The number of aromatic nitrogens is 5. The molecule has 0 aliphatic rings. The predicted octanol–water partition coefficient (Wildman–Crippen LogP) is 1.94. The average Bonchev–Trinajstić information content (AvgIpc) is 2.77. The van der Waals surface area contributed by atoms with Gasteiger partial charge in [-0.3, -0.25) is 4.57 Å². The van der Waals surface area contributed by atoms with Gasteiger partial charge < -0.3 is 5.73 Å². The lowest BCUT2D eigenvalue weighted by Crippen LogP contribution is -2.19. The van der Waals surface area contributed by atoms with Crippen LogP contribution < -0.4 is 11.4 Å². The second kappa shape index (κ2) is 6.30. The summed E-state index contributed by atoms with van der Waals surface area (Å²) in [4.78, 5) is 20.6. The summed E-state index contributed by atoms with van der Waals surface area (Å²) < 4.78 is 1.60. The molecule has 8 heteroatoms. The molecule has 0 atom stereocenters. The van der Waals surface area contributed by atoms with Crippen molar-refractivity contribution in [1.82, 2.24) is 24.7 Å². The van der Waals surface area contributed by atoms with Crippen molar-refractivity contribution in [3.8, 4) is 0 Å². The van der Waals surface area contributed by atoms with E-state index in [4.69, 9.17) is 5.73 Å². The highest BCUT2D eigenvalue weighted by molar-refractivity contribution is 7.99. The van der Waals surface area contributed by atoms with Gasteiger partial charge >= 0.3 is 5.69 Å². The quantitative estimate of drug-likeness (QED) is 0.818. The molecule has 0 amide bonds. The van der Waals surface area contributed by atoms with Crippen molar-refractivity contribution in [2.24, 2.45) is 0 Å². The number of hydrogen-bond donors (Lipinski definition) is 2. The fourth-order valence-corrected chi connectivity index (χ4v) is 2.96. The summed E-state index contributed by atoms with van der Waals surface area (Å²) in [6.07, 6.45) is 1.72. The van der Waals surface area contributed by atoms with Crippen LogP contribution in [0.5, 0.6) is 0 Å².